The number of nitriles is 1. The third-order valence-corrected chi connectivity index (χ3v) is 7.65. The molecule has 32 heavy (non-hydrogen) atoms. The lowest BCUT2D eigenvalue weighted by Crippen LogP contribution is -2.41. The Hall–Kier alpha value is -2.66. The van der Waals surface area contributed by atoms with Gasteiger partial charge in [0.15, 0.2) is 0 Å². The van der Waals surface area contributed by atoms with Crippen LogP contribution in [0.4, 0.5) is 0 Å². The highest BCUT2D eigenvalue weighted by Gasteiger charge is 2.30. The number of rotatable bonds is 6. The van der Waals surface area contributed by atoms with Crippen molar-refractivity contribution in [3.05, 3.63) is 38.3 Å². The highest BCUT2D eigenvalue weighted by molar-refractivity contribution is 7.14. The van der Waals surface area contributed by atoms with Crippen molar-refractivity contribution in [1.82, 2.24) is 20.6 Å². The van der Waals surface area contributed by atoms with E-state index >= 15 is 0 Å². The SMILES string of the molecule is Cc1nn(CCC#N)c(C)c1CCC(=O)NNC(=O)c1cc2c(s1)CCC(C(C)(C)C)C2. The Morgan fingerprint density at radius 1 is 1.31 bits per heavy atom. The summed E-state index contributed by atoms with van der Waals surface area (Å²) in [7, 11) is 0. The lowest BCUT2D eigenvalue weighted by Gasteiger charge is -2.33. The van der Waals surface area contributed by atoms with Crippen LogP contribution >= 0.6 is 11.3 Å². The van der Waals surface area contributed by atoms with E-state index in [4.69, 9.17) is 5.26 Å². The van der Waals surface area contributed by atoms with Gasteiger partial charge in [-0.1, -0.05) is 20.8 Å². The van der Waals surface area contributed by atoms with Crippen LogP contribution in [0.5, 0.6) is 0 Å². The average Bonchev–Trinajstić information content (AvgIpc) is 3.28. The molecule has 0 bridgehead atoms. The molecular weight excluding hydrogens is 422 g/mol. The minimum Gasteiger partial charge on any atom is -0.273 e. The van der Waals surface area contributed by atoms with Crippen LogP contribution in [-0.2, 0) is 30.6 Å². The van der Waals surface area contributed by atoms with Crippen molar-refractivity contribution >= 4 is 23.2 Å². The minimum atomic E-state index is -0.262. The summed E-state index contributed by atoms with van der Waals surface area (Å²) in [4.78, 5) is 26.8. The lowest BCUT2D eigenvalue weighted by molar-refractivity contribution is -0.121. The van der Waals surface area contributed by atoms with Gasteiger partial charge in [0, 0.05) is 17.0 Å². The second kappa shape index (κ2) is 9.86. The maximum atomic E-state index is 12.6. The van der Waals surface area contributed by atoms with E-state index in [9.17, 15) is 9.59 Å². The maximum Gasteiger partial charge on any atom is 0.279 e. The zero-order valence-corrected chi connectivity index (χ0v) is 20.5. The highest BCUT2D eigenvalue weighted by atomic mass is 32.1. The molecule has 2 N–H and O–H groups in total. The van der Waals surface area contributed by atoms with E-state index in [1.165, 1.54) is 21.8 Å². The van der Waals surface area contributed by atoms with Crippen LogP contribution in [0.15, 0.2) is 6.07 Å². The Bertz CT molecular complexity index is 1040. The van der Waals surface area contributed by atoms with Crippen LogP contribution < -0.4 is 10.9 Å². The molecule has 7 nitrogen and oxygen atoms in total. The molecular formula is C24H33N5O2S. The summed E-state index contributed by atoms with van der Waals surface area (Å²) in [6.45, 7) is 11.2. The number of aromatic nitrogens is 2. The van der Waals surface area contributed by atoms with E-state index in [2.05, 4.69) is 42.8 Å². The molecule has 3 rings (SSSR count). The highest BCUT2D eigenvalue weighted by Crippen LogP contribution is 2.40. The van der Waals surface area contributed by atoms with E-state index in [0.717, 1.165) is 36.2 Å². The first kappa shape index (κ1) is 24.0. The molecule has 0 spiro atoms. The molecule has 2 heterocycles. The zero-order chi connectivity index (χ0) is 23.5. The molecule has 0 aromatic carbocycles. The number of hydrogen-bond donors (Lipinski definition) is 2. The fourth-order valence-electron chi connectivity index (χ4n) is 4.33. The first-order chi connectivity index (χ1) is 15.1. The van der Waals surface area contributed by atoms with Crippen molar-refractivity contribution in [2.24, 2.45) is 11.3 Å². The molecule has 0 saturated heterocycles. The van der Waals surface area contributed by atoms with Crippen molar-refractivity contribution in [2.75, 3.05) is 0 Å². The second-order valence-electron chi connectivity index (χ2n) is 9.65. The molecule has 1 atom stereocenters. The van der Waals surface area contributed by atoms with E-state index in [1.54, 1.807) is 0 Å². The van der Waals surface area contributed by atoms with Gasteiger partial charge in [-0.25, -0.2) is 0 Å². The number of hydrazine groups is 1. The Morgan fingerprint density at radius 3 is 2.75 bits per heavy atom. The third kappa shape index (κ3) is 5.57. The summed E-state index contributed by atoms with van der Waals surface area (Å²) in [6.07, 6.45) is 4.36. The molecule has 1 aliphatic rings. The Balaban J connectivity index is 1.51. The van der Waals surface area contributed by atoms with Gasteiger partial charge >= 0.3 is 0 Å². The van der Waals surface area contributed by atoms with Gasteiger partial charge in [-0.05, 0) is 68.1 Å². The summed E-state index contributed by atoms with van der Waals surface area (Å²) in [5, 5.41) is 13.2. The van der Waals surface area contributed by atoms with Crippen LogP contribution in [0.25, 0.3) is 0 Å². The summed E-state index contributed by atoms with van der Waals surface area (Å²) >= 11 is 1.53. The first-order valence-corrected chi connectivity index (χ1v) is 12.0. The summed E-state index contributed by atoms with van der Waals surface area (Å²) < 4.78 is 1.82. The van der Waals surface area contributed by atoms with Crippen molar-refractivity contribution in [3.8, 4) is 6.07 Å². The molecule has 0 aliphatic heterocycles. The van der Waals surface area contributed by atoms with Gasteiger partial charge in [0.2, 0.25) is 5.91 Å². The second-order valence-corrected chi connectivity index (χ2v) is 10.8. The number of aryl methyl sites for hydroxylation is 3. The molecule has 1 aliphatic carbocycles. The Kier molecular flexibility index (Phi) is 7.40. The summed E-state index contributed by atoms with van der Waals surface area (Å²) in [5.74, 6) is 0.120. The standard InChI is InChI=1S/C24H33N5O2S/c1-15-19(16(2)29(28-15)12-6-11-25)8-10-22(30)26-27-23(31)21-14-17-13-18(24(3,4)5)7-9-20(17)32-21/h14,18H,6-10,12-13H2,1-5H3,(H,26,30)(H,27,31). The van der Waals surface area contributed by atoms with E-state index in [1.807, 2.05) is 24.6 Å². The van der Waals surface area contributed by atoms with Gasteiger partial charge in [-0.2, -0.15) is 10.4 Å². The van der Waals surface area contributed by atoms with Crippen LogP contribution in [-0.4, -0.2) is 21.6 Å². The van der Waals surface area contributed by atoms with E-state index in [-0.39, 0.29) is 23.7 Å². The molecule has 0 fully saturated rings. The third-order valence-electron chi connectivity index (χ3n) is 6.42. The van der Waals surface area contributed by atoms with Gasteiger partial charge in [-0.15, -0.1) is 11.3 Å². The predicted molar refractivity (Wildman–Crippen MR) is 125 cm³/mol. The number of hydrogen-bond acceptors (Lipinski definition) is 5. The topological polar surface area (TPSA) is 99.8 Å². The van der Waals surface area contributed by atoms with E-state index in [0.29, 0.717) is 30.2 Å². The number of carbonyl (C=O) groups excluding carboxylic acids is 2. The number of fused-ring (bicyclic) bond motifs is 1. The summed E-state index contributed by atoms with van der Waals surface area (Å²) in [6, 6.07) is 4.11. The number of nitrogens with one attached hydrogen (secondary N) is 2. The molecule has 1 unspecified atom stereocenters. The average molecular weight is 456 g/mol. The monoisotopic (exact) mass is 455 g/mol. The lowest BCUT2D eigenvalue weighted by atomic mass is 9.72. The Morgan fingerprint density at radius 2 is 2.06 bits per heavy atom. The largest absolute Gasteiger partial charge is 0.279 e. The van der Waals surface area contributed by atoms with Gasteiger partial charge in [0.05, 0.1) is 29.6 Å². The molecule has 0 saturated carbocycles. The molecule has 172 valence electrons. The van der Waals surface area contributed by atoms with Crippen LogP contribution in [0.2, 0.25) is 0 Å². The predicted octanol–water partition coefficient (Wildman–Crippen LogP) is 4.02. The van der Waals surface area contributed by atoms with Crippen LogP contribution in [0.1, 0.15) is 77.1 Å². The molecule has 8 heteroatoms. The number of amides is 2. The minimum absolute atomic E-state index is 0.240. The number of thiophene rings is 1. The van der Waals surface area contributed by atoms with Crippen molar-refractivity contribution in [1.29, 1.82) is 5.26 Å². The van der Waals surface area contributed by atoms with Gasteiger partial charge in [0.1, 0.15) is 0 Å². The van der Waals surface area contributed by atoms with Crippen LogP contribution in [0.3, 0.4) is 0 Å². The van der Waals surface area contributed by atoms with Gasteiger partial charge in [-0.3, -0.25) is 25.1 Å². The molecule has 0 radical (unpaired) electrons. The summed E-state index contributed by atoms with van der Waals surface area (Å²) in [5.41, 5.74) is 9.51. The molecule has 2 aromatic heterocycles. The number of carbonyl (C=O) groups is 2. The van der Waals surface area contributed by atoms with E-state index < -0.39 is 0 Å². The van der Waals surface area contributed by atoms with Crippen molar-refractivity contribution in [3.63, 3.8) is 0 Å². The van der Waals surface area contributed by atoms with Crippen LogP contribution in [0, 0.1) is 36.5 Å². The quantitative estimate of drug-likeness (QED) is 0.643. The zero-order valence-electron chi connectivity index (χ0n) is 19.7. The fraction of sp³-hybridized carbons (Fsp3) is 0.583. The Labute approximate surface area is 194 Å². The fourth-order valence-corrected chi connectivity index (χ4v) is 5.44. The number of nitrogens with zero attached hydrogens (tertiary/aromatic N) is 3. The first-order valence-electron chi connectivity index (χ1n) is 11.2. The normalized spacial score (nSPS) is 15.7. The van der Waals surface area contributed by atoms with Gasteiger partial charge in [0.25, 0.3) is 5.91 Å². The van der Waals surface area contributed by atoms with Crippen molar-refractivity contribution in [2.45, 2.75) is 79.7 Å². The smallest absolute Gasteiger partial charge is 0.273 e. The van der Waals surface area contributed by atoms with Crippen molar-refractivity contribution < 1.29 is 9.59 Å². The molecule has 2 amide bonds. The maximum absolute atomic E-state index is 12.6. The van der Waals surface area contributed by atoms with Gasteiger partial charge < -0.3 is 0 Å². The molecule has 2 aromatic rings.